The molecule has 2 aliphatic rings. The first kappa shape index (κ1) is 14.8. The van der Waals surface area contributed by atoms with E-state index in [1.165, 1.54) is 34.1 Å². The molecule has 4 heteroatoms. The maximum atomic E-state index is 11.4. The van der Waals surface area contributed by atoms with Crippen molar-refractivity contribution in [3.8, 4) is 0 Å². The average Bonchev–Trinajstić information content (AvgIpc) is 2.85. The van der Waals surface area contributed by atoms with Gasteiger partial charge in [0.05, 0.1) is 12.6 Å². The monoisotopic (exact) mass is 311 g/mol. The van der Waals surface area contributed by atoms with Crippen molar-refractivity contribution < 1.29 is 4.79 Å². The fourth-order valence-electron chi connectivity index (χ4n) is 4.44. The molecule has 2 N–H and O–H groups in total. The Bertz CT molecular complexity index is 775. The first-order valence-electron chi connectivity index (χ1n) is 8.73. The molecule has 4 nitrogen and oxygen atoms in total. The molecule has 0 spiro atoms. The van der Waals surface area contributed by atoms with Crippen LogP contribution in [0.4, 0.5) is 0 Å². The summed E-state index contributed by atoms with van der Waals surface area (Å²) in [7, 11) is 0. The minimum Gasteiger partial charge on any atom is -0.369 e. The van der Waals surface area contributed by atoms with E-state index in [0.717, 1.165) is 25.9 Å². The number of carbonyl (C=O) groups excluding carboxylic acids is 1. The highest BCUT2D eigenvalue weighted by atomic mass is 16.1. The average molecular weight is 311 g/mol. The zero-order chi connectivity index (χ0) is 16.1. The number of nitrogens with zero attached hydrogens (tertiary/aromatic N) is 2. The third-order valence-electron chi connectivity index (χ3n) is 5.53. The topological polar surface area (TPSA) is 51.3 Å². The number of hydrogen-bond donors (Lipinski definition) is 1. The minimum absolute atomic E-state index is 0.219. The fourth-order valence-corrected chi connectivity index (χ4v) is 4.44. The molecule has 0 saturated heterocycles. The van der Waals surface area contributed by atoms with Crippen LogP contribution >= 0.6 is 0 Å². The quantitative estimate of drug-likeness (QED) is 0.947. The summed E-state index contributed by atoms with van der Waals surface area (Å²) in [5, 5.41) is 1.43. The van der Waals surface area contributed by atoms with Gasteiger partial charge in [-0.3, -0.25) is 9.69 Å². The van der Waals surface area contributed by atoms with Crippen LogP contribution in [0.2, 0.25) is 0 Å². The van der Waals surface area contributed by atoms with Crippen molar-refractivity contribution in [3.05, 3.63) is 35.0 Å². The van der Waals surface area contributed by atoms with E-state index < -0.39 is 0 Å². The van der Waals surface area contributed by atoms with Crippen molar-refractivity contribution >= 4 is 16.8 Å². The lowest BCUT2D eigenvalue weighted by Crippen LogP contribution is -2.43. The van der Waals surface area contributed by atoms with Crippen molar-refractivity contribution in [2.45, 2.75) is 51.6 Å². The first-order valence-corrected chi connectivity index (χ1v) is 8.73. The van der Waals surface area contributed by atoms with Crippen LogP contribution in [-0.4, -0.2) is 28.5 Å². The molecule has 1 aromatic carbocycles. The Hall–Kier alpha value is -1.81. The molecule has 122 valence electrons. The van der Waals surface area contributed by atoms with Gasteiger partial charge in [0.2, 0.25) is 5.91 Å². The van der Waals surface area contributed by atoms with Crippen molar-refractivity contribution in [1.29, 1.82) is 0 Å². The molecule has 0 unspecified atom stereocenters. The van der Waals surface area contributed by atoms with Gasteiger partial charge in [-0.2, -0.15) is 0 Å². The number of carbonyl (C=O) groups is 1. The van der Waals surface area contributed by atoms with Gasteiger partial charge < -0.3 is 10.3 Å². The lowest BCUT2D eigenvalue weighted by atomic mass is 9.89. The molecule has 2 heterocycles. The minimum atomic E-state index is -0.219. The van der Waals surface area contributed by atoms with E-state index in [2.05, 4.69) is 41.5 Å². The second kappa shape index (κ2) is 5.38. The Balaban J connectivity index is 1.87. The number of benzene rings is 1. The summed E-state index contributed by atoms with van der Waals surface area (Å²) in [4.78, 5) is 13.7. The Labute approximate surface area is 137 Å². The highest BCUT2D eigenvalue weighted by Crippen LogP contribution is 2.42. The number of nitrogens with two attached hydrogens (primary N) is 1. The molecule has 0 bridgehead atoms. The standard InChI is InChI=1S/C19H25N3O/c1-12(2)13-6-7-16-15(10-13)14-4-3-5-17-19(14)22(16)9-8-21(17)11-18(20)23/h6-7,10,12,17H,3-5,8-9,11H2,1-2H3,(H2,20,23)/t17-/m1/s1. The van der Waals surface area contributed by atoms with Crippen LogP contribution in [0.3, 0.4) is 0 Å². The van der Waals surface area contributed by atoms with Crippen molar-refractivity contribution in [2.24, 2.45) is 5.73 Å². The van der Waals surface area contributed by atoms with Crippen LogP contribution in [0.15, 0.2) is 18.2 Å². The third-order valence-corrected chi connectivity index (χ3v) is 5.53. The Morgan fingerprint density at radius 2 is 2.17 bits per heavy atom. The van der Waals surface area contributed by atoms with E-state index in [9.17, 15) is 4.79 Å². The van der Waals surface area contributed by atoms with Gasteiger partial charge in [-0.05, 0) is 48.4 Å². The highest BCUT2D eigenvalue weighted by molar-refractivity contribution is 5.87. The normalized spacial score (nSPS) is 20.9. The largest absolute Gasteiger partial charge is 0.369 e. The third kappa shape index (κ3) is 2.27. The Morgan fingerprint density at radius 1 is 1.35 bits per heavy atom. The van der Waals surface area contributed by atoms with E-state index in [1.807, 2.05) is 0 Å². The Morgan fingerprint density at radius 3 is 2.91 bits per heavy atom. The lowest BCUT2D eigenvalue weighted by Gasteiger charge is -2.39. The molecule has 0 radical (unpaired) electrons. The predicted octanol–water partition coefficient (Wildman–Crippen LogP) is 2.94. The number of aromatic nitrogens is 1. The van der Waals surface area contributed by atoms with Gasteiger partial charge in [0, 0.05) is 29.7 Å². The van der Waals surface area contributed by atoms with Gasteiger partial charge in [0.1, 0.15) is 0 Å². The van der Waals surface area contributed by atoms with E-state index in [-0.39, 0.29) is 5.91 Å². The van der Waals surface area contributed by atoms with E-state index in [4.69, 9.17) is 5.73 Å². The molecule has 0 fully saturated rings. The van der Waals surface area contributed by atoms with Gasteiger partial charge in [-0.1, -0.05) is 19.9 Å². The van der Waals surface area contributed by atoms with Gasteiger partial charge in [-0.25, -0.2) is 0 Å². The summed E-state index contributed by atoms with van der Waals surface area (Å²) in [6, 6.07) is 7.31. The molecule has 23 heavy (non-hydrogen) atoms. The molecule has 2 aromatic rings. The smallest absolute Gasteiger partial charge is 0.231 e. The maximum absolute atomic E-state index is 11.4. The predicted molar refractivity (Wildman–Crippen MR) is 92.5 cm³/mol. The van der Waals surface area contributed by atoms with E-state index >= 15 is 0 Å². The molecule has 1 aliphatic heterocycles. The van der Waals surface area contributed by atoms with Crippen LogP contribution < -0.4 is 5.73 Å². The molecular weight excluding hydrogens is 286 g/mol. The number of amides is 1. The molecule has 1 aliphatic carbocycles. The highest BCUT2D eigenvalue weighted by Gasteiger charge is 2.35. The Kier molecular flexibility index (Phi) is 3.45. The summed E-state index contributed by atoms with van der Waals surface area (Å²) < 4.78 is 2.50. The van der Waals surface area contributed by atoms with Crippen LogP contribution in [-0.2, 0) is 17.8 Å². The summed E-state index contributed by atoms with van der Waals surface area (Å²) in [5.74, 6) is 0.332. The van der Waals surface area contributed by atoms with Crippen molar-refractivity contribution in [3.63, 3.8) is 0 Å². The summed E-state index contributed by atoms with van der Waals surface area (Å²) in [6.07, 6.45) is 3.48. The number of rotatable bonds is 3. The molecular formula is C19H25N3O. The zero-order valence-corrected chi connectivity index (χ0v) is 14.0. The van der Waals surface area contributed by atoms with Crippen molar-refractivity contribution in [1.82, 2.24) is 9.47 Å². The SMILES string of the molecule is CC(C)c1ccc2c(c1)c1c3n2CCN(CC(N)=O)[C@@H]3CCC1. The molecule has 4 rings (SSSR count). The number of fused-ring (bicyclic) bond motifs is 3. The number of aryl methyl sites for hydroxylation is 1. The second-order valence-corrected chi connectivity index (χ2v) is 7.29. The fraction of sp³-hybridized carbons (Fsp3) is 0.526. The lowest BCUT2D eigenvalue weighted by molar-refractivity contribution is -0.120. The van der Waals surface area contributed by atoms with Crippen LogP contribution in [0.5, 0.6) is 0 Å². The van der Waals surface area contributed by atoms with Crippen molar-refractivity contribution in [2.75, 3.05) is 13.1 Å². The summed E-state index contributed by atoms with van der Waals surface area (Å²) in [5.41, 5.74) is 11.2. The zero-order valence-electron chi connectivity index (χ0n) is 14.0. The van der Waals surface area contributed by atoms with E-state index in [1.54, 1.807) is 0 Å². The van der Waals surface area contributed by atoms with E-state index in [0.29, 0.717) is 18.5 Å². The molecule has 1 amide bonds. The molecule has 0 saturated carbocycles. The molecule has 1 atom stereocenters. The molecule has 1 aromatic heterocycles. The first-order chi connectivity index (χ1) is 11.1. The summed E-state index contributed by atoms with van der Waals surface area (Å²) in [6.45, 7) is 6.75. The number of hydrogen-bond acceptors (Lipinski definition) is 2. The number of primary amides is 1. The van der Waals surface area contributed by atoms with Gasteiger partial charge in [0.15, 0.2) is 0 Å². The van der Waals surface area contributed by atoms with Gasteiger partial charge in [0.25, 0.3) is 0 Å². The van der Waals surface area contributed by atoms with Gasteiger partial charge >= 0.3 is 0 Å². The maximum Gasteiger partial charge on any atom is 0.231 e. The van der Waals surface area contributed by atoms with Crippen LogP contribution in [0, 0.1) is 0 Å². The second-order valence-electron chi connectivity index (χ2n) is 7.29. The van der Waals surface area contributed by atoms with Crippen LogP contribution in [0.25, 0.3) is 10.9 Å². The van der Waals surface area contributed by atoms with Gasteiger partial charge in [-0.15, -0.1) is 0 Å². The summed E-state index contributed by atoms with van der Waals surface area (Å²) >= 11 is 0. The van der Waals surface area contributed by atoms with Crippen LogP contribution in [0.1, 0.15) is 55.5 Å².